The Kier molecular flexibility index (Phi) is 5.39. The van der Waals surface area contributed by atoms with E-state index < -0.39 is 12.0 Å². The lowest BCUT2D eigenvalue weighted by Gasteiger charge is -2.16. The maximum Gasteiger partial charge on any atom is 0.325 e. The summed E-state index contributed by atoms with van der Waals surface area (Å²) in [4.78, 5) is 11.2. The molecule has 98 valence electrons. The predicted octanol–water partition coefficient (Wildman–Crippen LogP) is 2.38. The Hall–Kier alpha value is -1.81. The number of benzene rings is 1. The monoisotopic (exact) mass is 249 g/mol. The van der Waals surface area contributed by atoms with Crippen molar-refractivity contribution in [3.05, 3.63) is 42.5 Å². The number of rotatable bonds is 7. The van der Waals surface area contributed by atoms with Gasteiger partial charge in [-0.2, -0.15) is 0 Å². The third-order valence-corrected chi connectivity index (χ3v) is 2.28. The Balaban J connectivity index is 2.90. The minimum atomic E-state index is -0.918. The van der Waals surface area contributed by atoms with Gasteiger partial charge in [-0.25, -0.2) is 0 Å². The summed E-state index contributed by atoms with van der Waals surface area (Å²) in [6.45, 7) is 7.85. The fourth-order valence-electron chi connectivity index (χ4n) is 1.59. The second-order valence-corrected chi connectivity index (χ2v) is 4.21. The van der Waals surface area contributed by atoms with Crippen molar-refractivity contribution in [3.8, 4) is 5.75 Å². The Morgan fingerprint density at radius 1 is 1.56 bits per heavy atom. The highest BCUT2D eigenvalue weighted by Crippen LogP contribution is 2.20. The second-order valence-electron chi connectivity index (χ2n) is 4.21. The molecule has 1 aromatic carbocycles. The first-order chi connectivity index (χ1) is 8.54. The normalized spacial score (nSPS) is 12.2. The first-order valence-corrected chi connectivity index (χ1v) is 5.88. The average Bonchev–Trinajstić information content (AvgIpc) is 2.28. The zero-order chi connectivity index (χ0) is 13.5. The molecule has 0 bridgehead atoms. The van der Waals surface area contributed by atoms with Crippen LogP contribution in [0, 0.1) is 0 Å². The van der Waals surface area contributed by atoms with Crippen LogP contribution in [0.1, 0.15) is 25.5 Å². The zero-order valence-corrected chi connectivity index (χ0v) is 10.7. The number of carbonyl (C=O) groups is 1. The number of aliphatic carboxylic acids is 1. The van der Waals surface area contributed by atoms with E-state index in [1.165, 1.54) is 0 Å². The molecule has 0 aliphatic rings. The number of hydrogen-bond acceptors (Lipinski definition) is 3. The van der Waals surface area contributed by atoms with Crippen LogP contribution in [0.2, 0.25) is 0 Å². The Bertz CT molecular complexity index is 415. The van der Waals surface area contributed by atoms with Gasteiger partial charge in [0, 0.05) is 6.54 Å². The number of hydrogen-bond donors (Lipinski definition) is 2. The number of nitrogens with one attached hydrogen (secondary N) is 1. The van der Waals surface area contributed by atoms with Crippen molar-refractivity contribution in [1.82, 2.24) is 5.32 Å². The van der Waals surface area contributed by atoms with E-state index in [-0.39, 0.29) is 6.10 Å². The van der Waals surface area contributed by atoms with Crippen LogP contribution in [0.3, 0.4) is 0 Å². The summed E-state index contributed by atoms with van der Waals surface area (Å²) < 4.78 is 5.55. The first kappa shape index (κ1) is 14.3. The van der Waals surface area contributed by atoms with Crippen LogP contribution in [0.4, 0.5) is 0 Å². The van der Waals surface area contributed by atoms with Gasteiger partial charge in [-0.15, -0.1) is 6.58 Å². The molecule has 0 radical (unpaired) electrons. The molecule has 1 rings (SSSR count). The molecule has 0 amide bonds. The lowest BCUT2D eigenvalue weighted by Crippen LogP contribution is -2.28. The van der Waals surface area contributed by atoms with Crippen molar-refractivity contribution < 1.29 is 14.6 Å². The van der Waals surface area contributed by atoms with Gasteiger partial charge in [-0.3, -0.25) is 10.1 Å². The van der Waals surface area contributed by atoms with Crippen LogP contribution >= 0.6 is 0 Å². The molecule has 0 fully saturated rings. The minimum Gasteiger partial charge on any atom is -0.491 e. The molecule has 0 spiro atoms. The first-order valence-electron chi connectivity index (χ1n) is 5.88. The average molecular weight is 249 g/mol. The van der Waals surface area contributed by atoms with Crippen molar-refractivity contribution in [2.75, 3.05) is 6.54 Å². The number of carboxylic acids is 1. The summed E-state index contributed by atoms with van der Waals surface area (Å²) in [5.74, 6) is -0.243. The molecule has 0 aromatic heterocycles. The second kappa shape index (κ2) is 6.81. The van der Waals surface area contributed by atoms with Crippen LogP contribution in [-0.4, -0.2) is 23.7 Å². The largest absolute Gasteiger partial charge is 0.491 e. The molecule has 18 heavy (non-hydrogen) atoms. The van der Waals surface area contributed by atoms with Gasteiger partial charge in [0.1, 0.15) is 11.8 Å². The molecule has 0 aliphatic carbocycles. The molecule has 1 aromatic rings. The number of ether oxygens (including phenoxy) is 1. The van der Waals surface area contributed by atoms with Crippen molar-refractivity contribution in [1.29, 1.82) is 0 Å². The topological polar surface area (TPSA) is 58.6 Å². The molecule has 0 saturated carbocycles. The smallest absolute Gasteiger partial charge is 0.325 e. The van der Waals surface area contributed by atoms with Crippen molar-refractivity contribution in [3.63, 3.8) is 0 Å². The molecular formula is C14H19NO3. The van der Waals surface area contributed by atoms with E-state index >= 15 is 0 Å². The molecule has 2 N–H and O–H groups in total. The SMILES string of the molecule is C=CCNC(C(=O)O)c1cccc(OC(C)C)c1. The van der Waals surface area contributed by atoms with E-state index in [0.29, 0.717) is 17.9 Å². The summed E-state index contributed by atoms with van der Waals surface area (Å²) in [5, 5.41) is 12.1. The van der Waals surface area contributed by atoms with Crippen LogP contribution < -0.4 is 10.1 Å². The van der Waals surface area contributed by atoms with E-state index in [1.54, 1.807) is 24.3 Å². The third-order valence-electron chi connectivity index (χ3n) is 2.28. The fraction of sp³-hybridized carbons (Fsp3) is 0.357. The van der Waals surface area contributed by atoms with E-state index in [9.17, 15) is 9.90 Å². The highest BCUT2D eigenvalue weighted by molar-refractivity contribution is 5.75. The third kappa shape index (κ3) is 4.22. The van der Waals surface area contributed by atoms with Crippen molar-refractivity contribution >= 4 is 5.97 Å². The summed E-state index contributed by atoms with van der Waals surface area (Å²) in [6, 6.07) is 6.37. The Labute approximate surface area is 107 Å². The zero-order valence-electron chi connectivity index (χ0n) is 10.7. The van der Waals surface area contributed by atoms with Gasteiger partial charge in [0.05, 0.1) is 6.10 Å². The maximum atomic E-state index is 11.2. The van der Waals surface area contributed by atoms with E-state index in [0.717, 1.165) is 0 Å². The lowest BCUT2D eigenvalue weighted by molar-refractivity contribution is -0.139. The molecule has 4 heteroatoms. The molecule has 0 heterocycles. The standard InChI is InChI=1S/C14H19NO3/c1-4-8-15-13(14(16)17)11-6-5-7-12(9-11)18-10(2)3/h4-7,9-10,13,15H,1,8H2,2-3H3,(H,16,17). The fourth-order valence-corrected chi connectivity index (χ4v) is 1.59. The lowest BCUT2D eigenvalue weighted by atomic mass is 10.1. The van der Waals surface area contributed by atoms with Crippen LogP contribution in [-0.2, 0) is 4.79 Å². The summed E-state index contributed by atoms with van der Waals surface area (Å²) >= 11 is 0. The van der Waals surface area contributed by atoms with Crippen molar-refractivity contribution in [2.45, 2.75) is 26.0 Å². The van der Waals surface area contributed by atoms with Gasteiger partial charge < -0.3 is 9.84 Å². The molecule has 1 unspecified atom stereocenters. The van der Waals surface area contributed by atoms with Crippen molar-refractivity contribution in [2.24, 2.45) is 0 Å². The molecule has 0 aliphatic heterocycles. The van der Waals surface area contributed by atoms with Gasteiger partial charge in [0.2, 0.25) is 0 Å². The highest BCUT2D eigenvalue weighted by atomic mass is 16.5. The summed E-state index contributed by atoms with van der Waals surface area (Å²) in [6.07, 6.45) is 1.69. The van der Waals surface area contributed by atoms with Gasteiger partial charge in [0.15, 0.2) is 0 Å². The highest BCUT2D eigenvalue weighted by Gasteiger charge is 2.18. The molecule has 0 saturated heterocycles. The van der Waals surface area contributed by atoms with Crippen LogP contribution in [0.15, 0.2) is 36.9 Å². The quantitative estimate of drug-likeness (QED) is 0.728. The van der Waals surface area contributed by atoms with Crippen LogP contribution in [0.5, 0.6) is 5.75 Å². The Morgan fingerprint density at radius 2 is 2.28 bits per heavy atom. The summed E-state index contributed by atoms with van der Waals surface area (Å²) in [7, 11) is 0. The molecule has 1 atom stereocenters. The van der Waals surface area contributed by atoms with Gasteiger partial charge in [-0.05, 0) is 31.5 Å². The van der Waals surface area contributed by atoms with Crippen LogP contribution in [0.25, 0.3) is 0 Å². The van der Waals surface area contributed by atoms with E-state index in [4.69, 9.17) is 4.74 Å². The Morgan fingerprint density at radius 3 is 2.83 bits per heavy atom. The molecule has 4 nitrogen and oxygen atoms in total. The van der Waals surface area contributed by atoms with Gasteiger partial charge >= 0.3 is 5.97 Å². The number of carboxylic acid groups (broad SMARTS) is 1. The molecular weight excluding hydrogens is 230 g/mol. The van der Waals surface area contributed by atoms with Gasteiger partial charge in [0.25, 0.3) is 0 Å². The summed E-state index contributed by atoms with van der Waals surface area (Å²) in [5.41, 5.74) is 0.669. The van der Waals surface area contributed by atoms with E-state index in [1.807, 2.05) is 19.9 Å². The van der Waals surface area contributed by atoms with E-state index in [2.05, 4.69) is 11.9 Å². The predicted molar refractivity (Wildman–Crippen MR) is 70.8 cm³/mol. The van der Waals surface area contributed by atoms with Gasteiger partial charge in [-0.1, -0.05) is 18.2 Å². The minimum absolute atomic E-state index is 0.0599. The maximum absolute atomic E-state index is 11.2.